The topological polar surface area (TPSA) is 72.2 Å². The van der Waals surface area contributed by atoms with E-state index in [9.17, 15) is 8.42 Å². The summed E-state index contributed by atoms with van der Waals surface area (Å²) in [7, 11) is -3.67. The summed E-state index contributed by atoms with van der Waals surface area (Å²) in [6, 6.07) is 8.78. The maximum atomic E-state index is 12.9. The lowest BCUT2D eigenvalue weighted by Gasteiger charge is -2.22. The highest BCUT2D eigenvalue weighted by Gasteiger charge is 2.28. The number of nitrogens with one attached hydrogen (secondary N) is 1. The van der Waals surface area contributed by atoms with Gasteiger partial charge in [0.05, 0.1) is 17.8 Å². The fraction of sp³-hybridized carbons (Fsp3) is 0.278. The van der Waals surface area contributed by atoms with Gasteiger partial charge in [-0.3, -0.25) is 4.98 Å². The quantitative estimate of drug-likeness (QED) is 0.791. The SMILES string of the molecule is Cc1cnc2c(S(=O)(=O)NC3CCCc4occc43)cccc2c1. The Bertz CT molecular complexity index is 1010. The Morgan fingerprint density at radius 2 is 2.17 bits per heavy atom. The molecule has 1 unspecified atom stereocenters. The average Bonchev–Trinajstić information content (AvgIpc) is 3.03. The van der Waals surface area contributed by atoms with Crippen molar-refractivity contribution in [3.05, 3.63) is 59.7 Å². The van der Waals surface area contributed by atoms with Gasteiger partial charge in [0.1, 0.15) is 10.7 Å². The molecule has 0 fully saturated rings. The fourth-order valence-electron chi connectivity index (χ4n) is 3.32. The number of para-hydroxylation sites is 1. The van der Waals surface area contributed by atoms with Gasteiger partial charge in [-0.05, 0) is 43.5 Å². The second-order valence-corrected chi connectivity index (χ2v) is 7.89. The van der Waals surface area contributed by atoms with Crippen molar-refractivity contribution in [1.29, 1.82) is 0 Å². The number of nitrogens with zero attached hydrogens (tertiary/aromatic N) is 1. The predicted molar refractivity (Wildman–Crippen MR) is 91.2 cm³/mol. The molecule has 24 heavy (non-hydrogen) atoms. The summed E-state index contributed by atoms with van der Waals surface area (Å²) < 4.78 is 34.2. The molecule has 1 atom stereocenters. The summed E-state index contributed by atoms with van der Waals surface area (Å²) in [5.74, 6) is 0.876. The Morgan fingerprint density at radius 3 is 3.04 bits per heavy atom. The minimum atomic E-state index is -3.67. The van der Waals surface area contributed by atoms with Gasteiger partial charge in [-0.1, -0.05) is 12.1 Å². The lowest BCUT2D eigenvalue weighted by atomic mass is 9.94. The fourth-order valence-corrected chi connectivity index (χ4v) is 4.75. The molecular formula is C18H18N2O3S. The second kappa shape index (κ2) is 5.72. The van der Waals surface area contributed by atoms with E-state index in [2.05, 4.69) is 9.71 Å². The Labute approximate surface area is 140 Å². The number of pyridine rings is 1. The molecule has 0 amide bonds. The van der Waals surface area contributed by atoms with Crippen LogP contribution in [0.1, 0.15) is 35.8 Å². The van der Waals surface area contributed by atoms with Crippen LogP contribution in [0.4, 0.5) is 0 Å². The van der Waals surface area contributed by atoms with Crippen LogP contribution in [0.3, 0.4) is 0 Å². The van der Waals surface area contributed by atoms with Gasteiger partial charge in [0.25, 0.3) is 0 Å². The molecule has 1 aliphatic carbocycles. The van der Waals surface area contributed by atoms with Crippen molar-refractivity contribution < 1.29 is 12.8 Å². The van der Waals surface area contributed by atoms with E-state index in [1.54, 1.807) is 24.6 Å². The molecule has 6 heteroatoms. The van der Waals surface area contributed by atoms with E-state index in [1.807, 2.05) is 25.1 Å². The van der Waals surface area contributed by atoms with Crippen molar-refractivity contribution >= 4 is 20.9 Å². The summed E-state index contributed by atoms with van der Waals surface area (Å²) in [6.07, 6.45) is 5.84. The van der Waals surface area contributed by atoms with Gasteiger partial charge >= 0.3 is 0 Å². The van der Waals surface area contributed by atoms with E-state index in [1.165, 1.54) is 0 Å². The Kier molecular flexibility index (Phi) is 3.66. The van der Waals surface area contributed by atoms with E-state index in [0.29, 0.717) is 5.52 Å². The van der Waals surface area contributed by atoms with E-state index in [4.69, 9.17) is 4.42 Å². The molecule has 0 spiro atoms. The Hall–Kier alpha value is -2.18. The van der Waals surface area contributed by atoms with Crippen molar-refractivity contribution in [1.82, 2.24) is 9.71 Å². The van der Waals surface area contributed by atoms with Crippen molar-refractivity contribution in [2.45, 2.75) is 37.1 Å². The third kappa shape index (κ3) is 2.61. The smallest absolute Gasteiger partial charge is 0.243 e. The third-order valence-electron chi connectivity index (χ3n) is 4.45. The highest BCUT2D eigenvalue weighted by molar-refractivity contribution is 7.89. The standard InChI is InChI=1S/C18H18N2O3S/c1-12-10-13-4-2-7-17(18(13)19-11-12)24(21,22)20-15-5-3-6-16-14(15)8-9-23-16/h2,4,7-11,15,20H,3,5-6H2,1H3. The predicted octanol–water partition coefficient (Wildman–Crippen LogP) is 3.49. The summed E-state index contributed by atoms with van der Waals surface area (Å²) in [5.41, 5.74) is 2.44. The zero-order valence-electron chi connectivity index (χ0n) is 13.3. The number of sulfonamides is 1. The number of hydrogen-bond donors (Lipinski definition) is 1. The molecule has 1 aliphatic rings. The summed E-state index contributed by atoms with van der Waals surface area (Å²) >= 11 is 0. The molecular weight excluding hydrogens is 324 g/mol. The van der Waals surface area contributed by atoms with E-state index in [0.717, 1.165) is 41.5 Å². The number of furan rings is 1. The lowest BCUT2D eigenvalue weighted by Crippen LogP contribution is -2.30. The van der Waals surface area contributed by atoms with Crippen LogP contribution in [0.5, 0.6) is 0 Å². The summed E-state index contributed by atoms with van der Waals surface area (Å²) in [6.45, 7) is 1.94. The molecule has 0 saturated heterocycles. The van der Waals surface area contributed by atoms with Crippen molar-refractivity contribution in [2.24, 2.45) is 0 Å². The van der Waals surface area contributed by atoms with Crippen LogP contribution in [0.25, 0.3) is 10.9 Å². The molecule has 2 heterocycles. The molecule has 1 aromatic carbocycles. The Balaban J connectivity index is 1.75. The number of rotatable bonds is 3. The van der Waals surface area contributed by atoms with Crippen LogP contribution in [-0.2, 0) is 16.4 Å². The van der Waals surface area contributed by atoms with Gasteiger partial charge in [0.2, 0.25) is 10.0 Å². The van der Waals surface area contributed by atoms with Crippen LogP contribution in [0.2, 0.25) is 0 Å². The first kappa shape index (κ1) is 15.4. The third-order valence-corrected chi connectivity index (χ3v) is 5.95. The zero-order valence-corrected chi connectivity index (χ0v) is 14.1. The van der Waals surface area contributed by atoms with Crippen LogP contribution in [0.15, 0.2) is 52.1 Å². The first-order chi connectivity index (χ1) is 11.5. The van der Waals surface area contributed by atoms with Gasteiger partial charge in [0.15, 0.2) is 0 Å². The van der Waals surface area contributed by atoms with Crippen LogP contribution in [-0.4, -0.2) is 13.4 Å². The maximum Gasteiger partial charge on any atom is 0.243 e. The van der Waals surface area contributed by atoms with E-state index in [-0.39, 0.29) is 10.9 Å². The molecule has 4 rings (SSSR count). The molecule has 124 valence electrons. The minimum absolute atomic E-state index is 0.218. The molecule has 2 aromatic heterocycles. The molecule has 3 aromatic rings. The first-order valence-electron chi connectivity index (χ1n) is 7.98. The van der Waals surface area contributed by atoms with Crippen molar-refractivity contribution in [3.63, 3.8) is 0 Å². The van der Waals surface area contributed by atoms with Crippen molar-refractivity contribution in [2.75, 3.05) is 0 Å². The van der Waals surface area contributed by atoms with Crippen molar-refractivity contribution in [3.8, 4) is 0 Å². The molecule has 5 nitrogen and oxygen atoms in total. The minimum Gasteiger partial charge on any atom is -0.469 e. The molecule has 1 N–H and O–H groups in total. The van der Waals surface area contributed by atoms with Gasteiger partial charge < -0.3 is 4.42 Å². The van der Waals surface area contributed by atoms with Gasteiger partial charge in [-0.2, -0.15) is 0 Å². The number of benzene rings is 1. The Morgan fingerprint density at radius 1 is 1.29 bits per heavy atom. The number of hydrogen-bond acceptors (Lipinski definition) is 4. The molecule has 0 saturated carbocycles. The number of fused-ring (bicyclic) bond motifs is 2. The molecule has 0 aliphatic heterocycles. The summed E-state index contributed by atoms with van der Waals surface area (Å²) in [4.78, 5) is 4.55. The maximum absolute atomic E-state index is 12.9. The van der Waals surface area contributed by atoms with Gasteiger partial charge in [-0.25, -0.2) is 13.1 Å². The molecule has 0 bridgehead atoms. The highest BCUT2D eigenvalue weighted by atomic mass is 32.2. The molecule has 0 radical (unpaired) electrons. The lowest BCUT2D eigenvalue weighted by molar-refractivity contribution is 0.438. The average molecular weight is 342 g/mol. The second-order valence-electron chi connectivity index (χ2n) is 6.21. The summed E-state index contributed by atoms with van der Waals surface area (Å²) in [5, 5.41) is 0.825. The monoisotopic (exact) mass is 342 g/mol. The normalized spacial score (nSPS) is 17.8. The highest BCUT2D eigenvalue weighted by Crippen LogP contribution is 2.32. The largest absolute Gasteiger partial charge is 0.469 e. The van der Waals surface area contributed by atoms with E-state index < -0.39 is 10.0 Å². The van der Waals surface area contributed by atoms with E-state index >= 15 is 0 Å². The number of aromatic nitrogens is 1. The van der Waals surface area contributed by atoms with Crippen LogP contribution >= 0.6 is 0 Å². The van der Waals surface area contributed by atoms with Crippen LogP contribution < -0.4 is 4.72 Å². The van der Waals surface area contributed by atoms with Gasteiger partial charge in [-0.15, -0.1) is 0 Å². The van der Waals surface area contributed by atoms with Gasteiger partial charge in [0, 0.05) is 23.6 Å². The zero-order chi connectivity index (χ0) is 16.7. The van der Waals surface area contributed by atoms with Crippen LogP contribution in [0, 0.1) is 6.92 Å². The first-order valence-corrected chi connectivity index (χ1v) is 9.47. The number of aryl methyl sites for hydroxylation is 2.